The number of benzene rings is 2. The highest BCUT2D eigenvalue weighted by molar-refractivity contribution is 5.93. The Hall–Kier alpha value is -4.55. The molecule has 2 heterocycles. The average molecular weight is 709 g/mol. The van der Waals surface area contributed by atoms with E-state index in [0.717, 1.165) is 83.2 Å². The summed E-state index contributed by atoms with van der Waals surface area (Å²) < 4.78 is 10.9. The van der Waals surface area contributed by atoms with E-state index in [-0.39, 0.29) is 36.4 Å². The second kappa shape index (κ2) is 20.8. The van der Waals surface area contributed by atoms with Gasteiger partial charge in [0.2, 0.25) is 5.91 Å². The number of carbonyl (C=O) groups excluding carboxylic acids is 2. The van der Waals surface area contributed by atoms with Gasteiger partial charge in [-0.15, -0.1) is 12.4 Å². The zero-order valence-corrected chi connectivity index (χ0v) is 30.4. The molecule has 3 amide bonds. The molecule has 0 fully saturated rings. The molecule has 0 aliphatic carbocycles. The maximum Gasteiger partial charge on any atom is 0.315 e. The number of unbranched alkanes of at least 4 members (excludes halogenated alkanes) is 1. The molecule has 0 radical (unpaired) electrons. The van der Waals surface area contributed by atoms with Crippen LogP contribution in [0.15, 0.2) is 60.9 Å². The minimum atomic E-state index is -0.634. The first-order valence-corrected chi connectivity index (χ1v) is 17.2. The van der Waals surface area contributed by atoms with Crippen LogP contribution in [0.2, 0.25) is 0 Å². The van der Waals surface area contributed by atoms with Gasteiger partial charge in [-0.1, -0.05) is 12.1 Å². The Morgan fingerprint density at radius 2 is 1.26 bits per heavy atom. The number of fused-ring (bicyclic) bond motifs is 2. The lowest BCUT2D eigenvalue weighted by atomic mass is 10.1. The molecule has 2 aromatic carbocycles. The Morgan fingerprint density at radius 3 is 1.76 bits per heavy atom. The van der Waals surface area contributed by atoms with Crippen molar-refractivity contribution in [2.45, 2.75) is 76.9 Å². The summed E-state index contributed by atoms with van der Waals surface area (Å²) in [5.41, 5.74) is 9.28. The van der Waals surface area contributed by atoms with E-state index in [1.54, 1.807) is 26.6 Å². The Labute approximate surface area is 301 Å². The van der Waals surface area contributed by atoms with Gasteiger partial charge in [-0.2, -0.15) is 0 Å². The Kier molecular flexibility index (Phi) is 16.6. The maximum atomic E-state index is 13.1. The lowest BCUT2D eigenvalue weighted by Gasteiger charge is -2.20. The summed E-state index contributed by atoms with van der Waals surface area (Å²) >= 11 is 0. The first kappa shape index (κ1) is 39.9. The summed E-state index contributed by atoms with van der Waals surface area (Å²) in [6.07, 6.45) is 8.79. The molecule has 3 atom stereocenters. The summed E-state index contributed by atoms with van der Waals surface area (Å²) in [5, 5.41) is 17.9. The number of nitrogens with one attached hydrogen (secondary N) is 5. The molecule has 4 rings (SSSR count). The van der Waals surface area contributed by atoms with Crippen molar-refractivity contribution in [1.82, 2.24) is 25.9 Å². The van der Waals surface area contributed by atoms with Gasteiger partial charge in [0.25, 0.3) is 0 Å². The van der Waals surface area contributed by atoms with Crippen LogP contribution in [0.3, 0.4) is 0 Å². The summed E-state index contributed by atoms with van der Waals surface area (Å²) in [4.78, 5) is 35.0. The van der Waals surface area contributed by atoms with Gasteiger partial charge in [-0.05, 0) is 89.6 Å². The average Bonchev–Trinajstić information content (AvgIpc) is 3.11. The van der Waals surface area contributed by atoms with E-state index in [9.17, 15) is 9.59 Å². The Balaban J connectivity index is 0.00000676. The van der Waals surface area contributed by atoms with E-state index in [1.165, 1.54) is 0 Å². The number of pyridine rings is 2. The molecule has 0 saturated carbocycles. The van der Waals surface area contributed by atoms with E-state index >= 15 is 0 Å². The molecule has 12 nitrogen and oxygen atoms in total. The molecule has 4 aromatic rings. The SMILES string of the molecule is COc1cc(NC(C)CCCNC(=O)N[C@H](CCCCN)C(=O)NCCCC(C)Nc2cc(OC)cc3cccnc23)c2ncccc2c1.Cl. The van der Waals surface area contributed by atoms with E-state index in [1.807, 2.05) is 48.5 Å². The van der Waals surface area contributed by atoms with Crippen LogP contribution in [0.25, 0.3) is 21.8 Å². The number of hydrogen-bond acceptors (Lipinski definition) is 9. The van der Waals surface area contributed by atoms with Crippen LogP contribution in [0, 0.1) is 0 Å². The van der Waals surface area contributed by atoms with Crippen molar-refractivity contribution in [3.05, 3.63) is 60.9 Å². The van der Waals surface area contributed by atoms with Gasteiger partial charge < -0.3 is 41.8 Å². The van der Waals surface area contributed by atoms with Crippen LogP contribution >= 0.6 is 12.4 Å². The first-order chi connectivity index (χ1) is 23.8. The molecule has 0 aliphatic rings. The zero-order valence-electron chi connectivity index (χ0n) is 29.6. The van der Waals surface area contributed by atoms with Crippen LogP contribution in [0.5, 0.6) is 11.5 Å². The highest BCUT2D eigenvalue weighted by atomic mass is 35.5. The summed E-state index contributed by atoms with van der Waals surface area (Å²) in [6, 6.07) is 15.0. The summed E-state index contributed by atoms with van der Waals surface area (Å²) in [7, 11) is 3.30. The van der Waals surface area contributed by atoms with Crippen molar-refractivity contribution < 1.29 is 19.1 Å². The molecule has 2 aromatic heterocycles. The predicted octanol–water partition coefficient (Wildman–Crippen LogP) is 6.00. The van der Waals surface area contributed by atoms with Gasteiger partial charge in [0.1, 0.15) is 17.5 Å². The number of ether oxygens (including phenoxy) is 2. The molecule has 0 saturated heterocycles. The second-order valence-corrected chi connectivity index (χ2v) is 12.4. The van der Waals surface area contributed by atoms with Crippen LogP contribution in [0.1, 0.15) is 58.8 Å². The number of amides is 3. The molecular weight excluding hydrogens is 656 g/mol. The number of carbonyl (C=O) groups is 2. The van der Waals surface area contributed by atoms with E-state index in [2.05, 4.69) is 50.4 Å². The zero-order chi connectivity index (χ0) is 35.0. The largest absolute Gasteiger partial charge is 0.497 e. The molecule has 2 unspecified atom stereocenters. The maximum absolute atomic E-state index is 13.1. The standard InChI is InChI=1S/C37H52N8O4.ClH/c1-25(43-32-23-29(48-3)21-27-13-9-17-39-34(27)32)11-7-19-41-36(46)31(15-5-6-16-38)45-37(47)42-20-8-12-26(2)44-33-24-30(49-4)22-28-14-10-18-40-35(28)33;/h9-10,13-14,17-18,21-26,31,43-44H,5-8,11-12,15-16,19-20,38H2,1-4H3,(H,41,46)(H2,42,45,47);1H/t25?,26?,31-;/m1./s1. The molecule has 272 valence electrons. The lowest BCUT2D eigenvalue weighted by molar-refractivity contribution is -0.123. The van der Waals surface area contributed by atoms with Crippen LogP contribution in [-0.2, 0) is 4.79 Å². The van der Waals surface area contributed by atoms with Gasteiger partial charge in [-0.25, -0.2) is 4.79 Å². The second-order valence-electron chi connectivity index (χ2n) is 12.4. The summed E-state index contributed by atoms with van der Waals surface area (Å²) in [5.74, 6) is 1.34. The van der Waals surface area contributed by atoms with Gasteiger partial charge in [-0.3, -0.25) is 14.8 Å². The summed E-state index contributed by atoms with van der Waals surface area (Å²) in [6.45, 7) is 5.72. The highest BCUT2D eigenvalue weighted by Gasteiger charge is 2.20. The number of rotatable bonds is 20. The van der Waals surface area contributed by atoms with Crippen molar-refractivity contribution >= 4 is 57.5 Å². The minimum absolute atomic E-state index is 0. The lowest BCUT2D eigenvalue weighted by Crippen LogP contribution is -2.50. The first-order valence-electron chi connectivity index (χ1n) is 17.2. The van der Waals surface area contributed by atoms with Crippen molar-refractivity contribution in [1.29, 1.82) is 0 Å². The highest BCUT2D eigenvalue weighted by Crippen LogP contribution is 2.29. The number of anilines is 2. The van der Waals surface area contributed by atoms with Crippen LogP contribution in [0.4, 0.5) is 16.2 Å². The number of nitrogens with two attached hydrogens (primary N) is 1. The number of nitrogens with zero attached hydrogens (tertiary/aromatic N) is 2. The third-order valence-corrected chi connectivity index (χ3v) is 8.41. The Morgan fingerprint density at radius 1 is 0.740 bits per heavy atom. The molecule has 0 bridgehead atoms. The van der Waals surface area contributed by atoms with Crippen molar-refractivity contribution in [3.63, 3.8) is 0 Å². The Bertz CT molecular complexity index is 1660. The number of hydrogen-bond donors (Lipinski definition) is 6. The van der Waals surface area contributed by atoms with E-state index in [4.69, 9.17) is 15.2 Å². The predicted molar refractivity (Wildman–Crippen MR) is 205 cm³/mol. The van der Waals surface area contributed by atoms with Crippen molar-refractivity contribution in [3.8, 4) is 11.5 Å². The van der Waals surface area contributed by atoms with E-state index in [0.29, 0.717) is 26.1 Å². The smallest absolute Gasteiger partial charge is 0.315 e. The van der Waals surface area contributed by atoms with Gasteiger partial charge in [0.05, 0.1) is 36.6 Å². The molecule has 0 aliphatic heterocycles. The molecule has 50 heavy (non-hydrogen) atoms. The minimum Gasteiger partial charge on any atom is -0.497 e. The topological polar surface area (TPSA) is 165 Å². The third-order valence-electron chi connectivity index (χ3n) is 8.41. The van der Waals surface area contributed by atoms with Gasteiger partial charge in [0, 0.05) is 60.5 Å². The monoisotopic (exact) mass is 708 g/mol. The van der Waals surface area contributed by atoms with Crippen molar-refractivity contribution in [2.24, 2.45) is 5.73 Å². The number of halogens is 1. The van der Waals surface area contributed by atoms with Crippen molar-refractivity contribution in [2.75, 3.05) is 44.5 Å². The number of aromatic nitrogens is 2. The number of methoxy groups -OCH3 is 2. The molecule has 7 N–H and O–H groups in total. The molecule has 0 spiro atoms. The number of urea groups is 1. The molecule has 13 heteroatoms. The molecular formula is C37H53ClN8O4. The van der Waals surface area contributed by atoms with Crippen LogP contribution < -0.4 is 41.8 Å². The fourth-order valence-electron chi connectivity index (χ4n) is 5.78. The normalized spacial score (nSPS) is 12.7. The third kappa shape index (κ3) is 12.1. The van der Waals surface area contributed by atoms with Gasteiger partial charge in [0.15, 0.2) is 0 Å². The van der Waals surface area contributed by atoms with E-state index < -0.39 is 6.04 Å². The quantitative estimate of drug-likeness (QED) is 0.0605. The fourth-order valence-corrected chi connectivity index (χ4v) is 5.78. The van der Waals surface area contributed by atoms with Crippen LogP contribution in [-0.4, -0.2) is 73.9 Å². The fraction of sp³-hybridized carbons (Fsp3) is 0.459. The van der Waals surface area contributed by atoms with Gasteiger partial charge >= 0.3 is 6.03 Å².